The van der Waals surface area contributed by atoms with Crippen molar-refractivity contribution in [3.8, 4) is 0 Å². The maximum absolute atomic E-state index is 8.59. The van der Waals surface area contributed by atoms with Crippen LogP contribution in [0.3, 0.4) is 0 Å². The van der Waals surface area contributed by atoms with Gasteiger partial charge >= 0.3 is 0 Å². The molecule has 1 aliphatic rings. The fourth-order valence-corrected chi connectivity index (χ4v) is 2.09. The van der Waals surface area contributed by atoms with E-state index in [2.05, 4.69) is 17.1 Å². The monoisotopic (exact) mass is 216 g/mol. The number of likely N-dealkylation sites (N-methyl/N-ethyl adjacent to an activating group) is 1. The number of piperidine rings is 1. The fourth-order valence-electron chi connectivity index (χ4n) is 2.09. The van der Waals surface area contributed by atoms with E-state index in [0.29, 0.717) is 12.6 Å². The highest BCUT2D eigenvalue weighted by Gasteiger charge is 2.18. The number of aliphatic hydroxyl groups is 1. The summed E-state index contributed by atoms with van der Waals surface area (Å²) in [7, 11) is 0. The van der Waals surface area contributed by atoms with E-state index in [9.17, 15) is 0 Å². The second kappa shape index (κ2) is 8.05. The Balaban J connectivity index is 2.15. The third-order valence-electron chi connectivity index (χ3n) is 2.95. The van der Waals surface area contributed by atoms with Gasteiger partial charge in [-0.1, -0.05) is 6.92 Å². The minimum atomic E-state index is 0.122. The third-order valence-corrected chi connectivity index (χ3v) is 2.95. The highest BCUT2D eigenvalue weighted by Crippen LogP contribution is 2.09. The predicted molar refractivity (Wildman–Crippen MR) is 61.0 cm³/mol. The van der Waals surface area contributed by atoms with Gasteiger partial charge in [0.1, 0.15) is 0 Å². The van der Waals surface area contributed by atoms with Crippen molar-refractivity contribution >= 4 is 0 Å². The summed E-state index contributed by atoms with van der Waals surface area (Å²) < 4.78 is 5.29. The van der Waals surface area contributed by atoms with Crippen LogP contribution in [0.2, 0.25) is 0 Å². The van der Waals surface area contributed by atoms with Gasteiger partial charge in [-0.3, -0.25) is 4.90 Å². The van der Waals surface area contributed by atoms with Gasteiger partial charge < -0.3 is 15.2 Å². The molecule has 0 aromatic heterocycles. The van der Waals surface area contributed by atoms with Crippen LogP contribution in [0.1, 0.15) is 19.8 Å². The topological polar surface area (TPSA) is 44.7 Å². The molecule has 1 heterocycles. The van der Waals surface area contributed by atoms with Gasteiger partial charge in [-0.05, 0) is 25.9 Å². The lowest BCUT2D eigenvalue weighted by molar-refractivity contribution is 0.0607. The molecule has 0 aliphatic carbocycles. The minimum Gasteiger partial charge on any atom is -0.394 e. The van der Waals surface area contributed by atoms with E-state index in [1.54, 1.807) is 0 Å². The highest BCUT2D eigenvalue weighted by molar-refractivity contribution is 4.77. The van der Waals surface area contributed by atoms with Crippen LogP contribution in [0.4, 0.5) is 0 Å². The van der Waals surface area contributed by atoms with Gasteiger partial charge in [0.25, 0.3) is 0 Å². The number of hydrogen-bond acceptors (Lipinski definition) is 4. The van der Waals surface area contributed by atoms with Crippen molar-refractivity contribution < 1.29 is 9.84 Å². The molecule has 0 spiro atoms. The van der Waals surface area contributed by atoms with E-state index in [4.69, 9.17) is 9.84 Å². The molecule has 0 saturated carbocycles. The molecular formula is C11H24N2O2. The normalized spacial score (nSPS) is 22.2. The Kier molecular flexibility index (Phi) is 6.92. The van der Waals surface area contributed by atoms with Gasteiger partial charge in [-0.2, -0.15) is 0 Å². The van der Waals surface area contributed by atoms with Crippen molar-refractivity contribution in [2.75, 3.05) is 46.0 Å². The smallest absolute Gasteiger partial charge is 0.0698 e. The van der Waals surface area contributed by atoms with Crippen LogP contribution < -0.4 is 5.32 Å². The first kappa shape index (κ1) is 12.9. The van der Waals surface area contributed by atoms with Crippen LogP contribution in [-0.2, 0) is 4.74 Å². The quantitative estimate of drug-likeness (QED) is 0.591. The largest absolute Gasteiger partial charge is 0.394 e. The molecule has 1 unspecified atom stereocenters. The molecule has 90 valence electrons. The average molecular weight is 216 g/mol. The molecule has 1 saturated heterocycles. The zero-order valence-corrected chi connectivity index (χ0v) is 9.74. The van der Waals surface area contributed by atoms with Crippen LogP contribution in [0, 0.1) is 0 Å². The summed E-state index contributed by atoms with van der Waals surface area (Å²) in [5, 5.41) is 12.0. The van der Waals surface area contributed by atoms with Gasteiger partial charge in [-0.25, -0.2) is 0 Å². The molecule has 4 heteroatoms. The maximum Gasteiger partial charge on any atom is 0.0698 e. The molecule has 0 radical (unpaired) electrons. The first-order valence-corrected chi connectivity index (χ1v) is 6.01. The summed E-state index contributed by atoms with van der Waals surface area (Å²) in [6.07, 6.45) is 2.57. The molecule has 0 amide bonds. The van der Waals surface area contributed by atoms with Crippen molar-refractivity contribution in [2.24, 2.45) is 0 Å². The Morgan fingerprint density at radius 2 is 2.33 bits per heavy atom. The lowest BCUT2D eigenvalue weighted by Gasteiger charge is -2.33. The minimum absolute atomic E-state index is 0.122. The second-order valence-corrected chi connectivity index (χ2v) is 3.96. The summed E-state index contributed by atoms with van der Waals surface area (Å²) in [5.74, 6) is 0. The molecule has 15 heavy (non-hydrogen) atoms. The second-order valence-electron chi connectivity index (χ2n) is 3.96. The van der Waals surface area contributed by atoms with Gasteiger partial charge in [0.05, 0.1) is 19.8 Å². The Bertz CT molecular complexity index is 150. The summed E-state index contributed by atoms with van der Waals surface area (Å²) in [4.78, 5) is 2.46. The van der Waals surface area contributed by atoms with Crippen molar-refractivity contribution in [3.63, 3.8) is 0 Å². The molecule has 2 N–H and O–H groups in total. The SMILES string of the molecule is CCN(CCOCCO)C1CCCNC1. The van der Waals surface area contributed by atoms with Crippen LogP contribution in [0.25, 0.3) is 0 Å². The Hall–Kier alpha value is -0.160. The Labute approximate surface area is 92.6 Å². The van der Waals surface area contributed by atoms with Crippen LogP contribution >= 0.6 is 0 Å². The molecule has 1 fully saturated rings. The molecular weight excluding hydrogens is 192 g/mol. The van der Waals surface area contributed by atoms with E-state index in [1.807, 2.05) is 0 Å². The van der Waals surface area contributed by atoms with Crippen molar-refractivity contribution in [3.05, 3.63) is 0 Å². The molecule has 0 aromatic rings. The summed E-state index contributed by atoms with van der Waals surface area (Å²) in [5.41, 5.74) is 0. The summed E-state index contributed by atoms with van der Waals surface area (Å²) in [6.45, 7) is 7.82. The maximum atomic E-state index is 8.59. The number of aliphatic hydroxyl groups excluding tert-OH is 1. The molecule has 1 rings (SSSR count). The number of hydrogen-bond donors (Lipinski definition) is 2. The molecule has 1 atom stereocenters. The molecule has 0 bridgehead atoms. The van der Waals surface area contributed by atoms with E-state index in [1.165, 1.54) is 12.8 Å². The summed E-state index contributed by atoms with van der Waals surface area (Å²) in [6, 6.07) is 0.668. The zero-order chi connectivity index (χ0) is 10.9. The first-order chi connectivity index (χ1) is 7.38. The van der Waals surface area contributed by atoms with Crippen LogP contribution in [0.15, 0.2) is 0 Å². The third kappa shape index (κ3) is 4.93. The van der Waals surface area contributed by atoms with E-state index < -0.39 is 0 Å². The molecule has 4 nitrogen and oxygen atoms in total. The van der Waals surface area contributed by atoms with Crippen molar-refractivity contribution in [1.29, 1.82) is 0 Å². The van der Waals surface area contributed by atoms with Crippen LogP contribution in [0.5, 0.6) is 0 Å². The molecule has 1 aliphatic heterocycles. The van der Waals surface area contributed by atoms with Gasteiger partial charge in [0, 0.05) is 19.1 Å². The summed E-state index contributed by atoms with van der Waals surface area (Å²) >= 11 is 0. The highest BCUT2D eigenvalue weighted by atomic mass is 16.5. The number of rotatable bonds is 7. The Morgan fingerprint density at radius 1 is 1.47 bits per heavy atom. The standard InChI is InChI=1S/C11H24N2O2/c1-2-13(6-8-15-9-7-14)11-4-3-5-12-10-11/h11-12,14H,2-10H2,1H3. The van der Waals surface area contributed by atoms with Crippen LogP contribution in [-0.4, -0.2) is 62.0 Å². The fraction of sp³-hybridized carbons (Fsp3) is 1.00. The molecule has 0 aromatic carbocycles. The van der Waals surface area contributed by atoms with Gasteiger partial charge in [-0.15, -0.1) is 0 Å². The van der Waals surface area contributed by atoms with Crippen molar-refractivity contribution in [1.82, 2.24) is 10.2 Å². The number of ether oxygens (including phenoxy) is 1. The first-order valence-electron chi connectivity index (χ1n) is 6.01. The van der Waals surface area contributed by atoms with E-state index >= 15 is 0 Å². The van der Waals surface area contributed by atoms with E-state index in [-0.39, 0.29) is 6.61 Å². The number of nitrogens with one attached hydrogen (secondary N) is 1. The number of nitrogens with zero attached hydrogens (tertiary/aromatic N) is 1. The van der Waals surface area contributed by atoms with Gasteiger partial charge in [0.2, 0.25) is 0 Å². The predicted octanol–water partition coefficient (Wildman–Crippen LogP) is 0.0692. The Morgan fingerprint density at radius 3 is 2.93 bits per heavy atom. The van der Waals surface area contributed by atoms with Gasteiger partial charge in [0.15, 0.2) is 0 Å². The van der Waals surface area contributed by atoms with Crippen molar-refractivity contribution in [2.45, 2.75) is 25.8 Å². The lowest BCUT2D eigenvalue weighted by atomic mass is 10.1. The lowest BCUT2D eigenvalue weighted by Crippen LogP contribution is -2.47. The van der Waals surface area contributed by atoms with E-state index in [0.717, 1.165) is 32.8 Å². The average Bonchev–Trinajstić information content (AvgIpc) is 2.30. The zero-order valence-electron chi connectivity index (χ0n) is 9.74.